The number of likely N-dealkylation sites (N-methyl/N-ethyl adjacent to an activating group) is 2. The highest BCUT2D eigenvalue weighted by molar-refractivity contribution is 6.29. The van der Waals surface area contributed by atoms with Crippen LogP contribution >= 0.6 is 11.6 Å². The maximum Gasteiger partial charge on any atom is 0.242 e. The molecule has 0 spiro atoms. The largest absolute Gasteiger partial charge is 0.349 e. The Morgan fingerprint density at radius 3 is 2.53 bits per heavy atom. The van der Waals surface area contributed by atoms with Crippen molar-refractivity contribution in [1.82, 2.24) is 14.9 Å². The van der Waals surface area contributed by atoms with Crippen molar-refractivity contribution < 1.29 is 4.79 Å². The minimum atomic E-state index is 0.0688. The van der Waals surface area contributed by atoms with Crippen LogP contribution in [0.25, 0.3) is 0 Å². The normalized spacial score (nSPS) is 10.1. The molecule has 0 bridgehead atoms. The zero-order chi connectivity index (χ0) is 12.8. The van der Waals surface area contributed by atoms with E-state index in [1.54, 1.807) is 23.0 Å². The van der Waals surface area contributed by atoms with Crippen LogP contribution < -0.4 is 4.90 Å². The average molecular weight is 257 g/mol. The van der Waals surface area contributed by atoms with Gasteiger partial charge in [0.05, 0.1) is 18.9 Å². The first kappa shape index (κ1) is 13.7. The summed E-state index contributed by atoms with van der Waals surface area (Å²) in [7, 11) is 1.79. The molecule has 1 heterocycles. The number of aromatic nitrogens is 2. The molecule has 1 amide bonds. The van der Waals surface area contributed by atoms with E-state index in [-0.39, 0.29) is 12.5 Å². The summed E-state index contributed by atoms with van der Waals surface area (Å²) in [6.45, 7) is 5.62. The minimum Gasteiger partial charge on any atom is -0.349 e. The summed E-state index contributed by atoms with van der Waals surface area (Å²) >= 11 is 5.75. The van der Waals surface area contributed by atoms with Crippen molar-refractivity contribution in [3.8, 4) is 0 Å². The fourth-order valence-corrected chi connectivity index (χ4v) is 1.62. The fourth-order valence-electron chi connectivity index (χ4n) is 1.48. The maximum absolute atomic E-state index is 11.9. The van der Waals surface area contributed by atoms with E-state index in [1.807, 2.05) is 13.8 Å². The second-order valence-electron chi connectivity index (χ2n) is 3.62. The number of rotatable bonds is 5. The predicted molar refractivity (Wildman–Crippen MR) is 68.2 cm³/mol. The van der Waals surface area contributed by atoms with Crippen molar-refractivity contribution in [2.24, 2.45) is 0 Å². The van der Waals surface area contributed by atoms with Crippen LogP contribution in [0, 0.1) is 0 Å². The molecule has 0 saturated heterocycles. The van der Waals surface area contributed by atoms with E-state index in [1.165, 1.54) is 6.20 Å². The van der Waals surface area contributed by atoms with Crippen LogP contribution in [0.1, 0.15) is 13.8 Å². The number of amides is 1. The Morgan fingerprint density at radius 2 is 2.00 bits per heavy atom. The van der Waals surface area contributed by atoms with Gasteiger partial charge in [-0.3, -0.25) is 9.78 Å². The molecule has 0 radical (unpaired) electrons. The second-order valence-corrected chi connectivity index (χ2v) is 4.01. The fraction of sp³-hybridized carbons (Fsp3) is 0.545. The lowest BCUT2D eigenvalue weighted by Crippen LogP contribution is -2.39. The molecule has 0 aliphatic heterocycles. The lowest BCUT2D eigenvalue weighted by atomic mass is 10.4. The van der Waals surface area contributed by atoms with Gasteiger partial charge in [-0.2, -0.15) is 0 Å². The molecule has 1 rings (SSSR count). The molecule has 0 atom stereocenters. The zero-order valence-corrected chi connectivity index (χ0v) is 11.1. The molecule has 0 N–H and O–H groups in total. The van der Waals surface area contributed by atoms with Crippen LogP contribution in [0.5, 0.6) is 0 Å². The van der Waals surface area contributed by atoms with Gasteiger partial charge in [-0.15, -0.1) is 0 Å². The van der Waals surface area contributed by atoms with Crippen LogP contribution in [0.4, 0.5) is 5.82 Å². The summed E-state index contributed by atoms with van der Waals surface area (Å²) in [4.78, 5) is 23.4. The van der Waals surface area contributed by atoms with E-state index < -0.39 is 0 Å². The highest BCUT2D eigenvalue weighted by Crippen LogP contribution is 2.10. The Hall–Kier alpha value is -1.36. The molecule has 0 aliphatic carbocycles. The van der Waals surface area contributed by atoms with Gasteiger partial charge in [-0.1, -0.05) is 11.6 Å². The Labute approximate surface area is 106 Å². The van der Waals surface area contributed by atoms with Crippen molar-refractivity contribution in [2.45, 2.75) is 13.8 Å². The molecule has 6 heteroatoms. The third-order valence-electron chi connectivity index (χ3n) is 2.47. The van der Waals surface area contributed by atoms with Gasteiger partial charge in [0.1, 0.15) is 11.0 Å². The van der Waals surface area contributed by atoms with E-state index in [2.05, 4.69) is 9.97 Å². The summed E-state index contributed by atoms with van der Waals surface area (Å²) in [5.41, 5.74) is 0. The number of carbonyl (C=O) groups excluding carboxylic acids is 1. The molecule has 0 fully saturated rings. The molecule has 17 heavy (non-hydrogen) atoms. The van der Waals surface area contributed by atoms with Gasteiger partial charge >= 0.3 is 0 Å². The molecule has 5 nitrogen and oxygen atoms in total. The average Bonchev–Trinajstić information content (AvgIpc) is 2.30. The Balaban J connectivity index is 2.66. The second kappa shape index (κ2) is 6.39. The Bertz CT molecular complexity index is 381. The minimum absolute atomic E-state index is 0.0688. The first-order valence-electron chi connectivity index (χ1n) is 5.54. The van der Waals surface area contributed by atoms with Crippen LogP contribution in [-0.4, -0.2) is 47.5 Å². The van der Waals surface area contributed by atoms with Gasteiger partial charge in [0.25, 0.3) is 0 Å². The van der Waals surface area contributed by atoms with E-state index in [0.29, 0.717) is 24.1 Å². The van der Waals surface area contributed by atoms with Crippen molar-refractivity contribution in [3.63, 3.8) is 0 Å². The zero-order valence-electron chi connectivity index (χ0n) is 10.4. The third-order valence-corrected chi connectivity index (χ3v) is 2.65. The van der Waals surface area contributed by atoms with E-state index in [0.717, 1.165) is 0 Å². The Morgan fingerprint density at radius 1 is 1.35 bits per heavy atom. The van der Waals surface area contributed by atoms with Gasteiger partial charge in [0, 0.05) is 20.1 Å². The third kappa shape index (κ3) is 3.85. The summed E-state index contributed by atoms with van der Waals surface area (Å²) in [5, 5.41) is 0.324. The lowest BCUT2D eigenvalue weighted by molar-refractivity contribution is -0.129. The summed E-state index contributed by atoms with van der Waals surface area (Å²) in [6, 6.07) is 0. The highest BCUT2D eigenvalue weighted by Gasteiger charge is 2.13. The summed E-state index contributed by atoms with van der Waals surface area (Å²) in [6.07, 6.45) is 3.05. The molecule has 0 saturated carbocycles. The van der Waals surface area contributed by atoms with Crippen molar-refractivity contribution in [1.29, 1.82) is 0 Å². The van der Waals surface area contributed by atoms with E-state index in [4.69, 9.17) is 11.6 Å². The molecule has 1 aromatic heterocycles. The number of hydrogen-bond donors (Lipinski definition) is 0. The Kier molecular flexibility index (Phi) is 5.15. The molecule has 0 aliphatic rings. The van der Waals surface area contributed by atoms with E-state index in [9.17, 15) is 4.79 Å². The number of halogens is 1. The van der Waals surface area contributed by atoms with Gasteiger partial charge in [0.2, 0.25) is 5.91 Å². The summed E-state index contributed by atoms with van der Waals surface area (Å²) < 4.78 is 0. The van der Waals surface area contributed by atoms with Crippen molar-refractivity contribution in [2.75, 3.05) is 31.6 Å². The number of carbonyl (C=O) groups is 1. The molecular weight excluding hydrogens is 240 g/mol. The lowest BCUT2D eigenvalue weighted by Gasteiger charge is -2.23. The number of anilines is 1. The number of hydrogen-bond acceptors (Lipinski definition) is 4. The van der Waals surface area contributed by atoms with E-state index >= 15 is 0 Å². The van der Waals surface area contributed by atoms with Gasteiger partial charge < -0.3 is 9.80 Å². The van der Waals surface area contributed by atoms with Crippen LogP contribution in [0.3, 0.4) is 0 Å². The standard InChI is InChI=1S/C11H17ClN4O/c1-4-16(5-2)11(17)8-15(3)10-7-13-6-9(12)14-10/h6-7H,4-5,8H2,1-3H3. The molecule has 1 aromatic rings. The van der Waals surface area contributed by atoms with Gasteiger partial charge in [-0.25, -0.2) is 4.98 Å². The smallest absolute Gasteiger partial charge is 0.242 e. The molecule has 0 unspecified atom stereocenters. The van der Waals surface area contributed by atoms with Crippen molar-refractivity contribution >= 4 is 23.3 Å². The maximum atomic E-state index is 11.9. The molecule has 0 aromatic carbocycles. The molecule has 94 valence electrons. The molecular formula is C11H17ClN4O. The highest BCUT2D eigenvalue weighted by atomic mass is 35.5. The first-order chi connectivity index (χ1) is 8.08. The topological polar surface area (TPSA) is 49.3 Å². The first-order valence-corrected chi connectivity index (χ1v) is 5.92. The van der Waals surface area contributed by atoms with Gasteiger partial charge in [-0.05, 0) is 13.8 Å². The quantitative estimate of drug-likeness (QED) is 0.800. The number of nitrogens with zero attached hydrogens (tertiary/aromatic N) is 4. The van der Waals surface area contributed by atoms with Crippen LogP contribution in [0.15, 0.2) is 12.4 Å². The monoisotopic (exact) mass is 256 g/mol. The van der Waals surface area contributed by atoms with Crippen molar-refractivity contribution in [3.05, 3.63) is 17.5 Å². The summed E-state index contributed by atoms with van der Waals surface area (Å²) in [5.74, 6) is 0.664. The predicted octanol–water partition coefficient (Wildman–Crippen LogP) is 1.43. The van der Waals surface area contributed by atoms with Gasteiger partial charge in [0.15, 0.2) is 0 Å². The SMILES string of the molecule is CCN(CC)C(=O)CN(C)c1cncc(Cl)n1. The van der Waals surface area contributed by atoms with Crippen LogP contribution in [-0.2, 0) is 4.79 Å². The van der Waals surface area contributed by atoms with Crippen LogP contribution in [0.2, 0.25) is 5.15 Å².